The van der Waals surface area contributed by atoms with Crippen molar-refractivity contribution in [2.45, 2.75) is 31.6 Å². The molecule has 0 bridgehead atoms. The zero-order valence-corrected chi connectivity index (χ0v) is 8.69. The highest BCUT2D eigenvalue weighted by Gasteiger charge is 2.57. The molecule has 0 spiro atoms. The van der Waals surface area contributed by atoms with E-state index in [9.17, 15) is 31.1 Å². The van der Waals surface area contributed by atoms with Gasteiger partial charge < -0.3 is 9.47 Å². The van der Waals surface area contributed by atoms with Crippen LogP contribution in [-0.2, 0) is 9.47 Å². The Kier molecular flexibility index (Phi) is 5.56. The van der Waals surface area contributed by atoms with Crippen molar-refractivity contribution < 1.29 is 40.6 Å². The molecule has 3 nitrogen and oxygen atoms in total. The van der Waals surface area contributed by atoms with Crippen molar-refractivity contribution >= 4 is 6.16 Å². The molecule has 0 rings (SSSR count). The van der Waals surface area contributed by atoms with Crippen LogP contribution in [0.4, 0.5) is 31.1 Å². The lowest BCUT2D eigenvalue weighted by molar-refractivity contribution is -0.252. The van der Waals surface area contributed by atoms with Gasteiger partial charge in [-0.3, -0.25) is 0 Å². The van der Waals surface area contributed by atoms with Gasteiger partial charge in [0.15, 0.2) is 6.61 Å². The van der Waals surface area contributed by atoms with E-state index >= 15 is 0 Å². The third-order valence-electron chi connectivity index (χ3n) is 1.46. The van der Waals surface area contributed by atoms with Crippen LogP contribution in [0.3, 0.4) is 0 Å². The fraction of sp³-hybridized carbons (Fsp3) is 0.875. The van der Waals surface area contributed by atoms with Crippen LogP contribution in [0, 0.1) is 0 Å². The topological polar surface area (TPSA) is 35.5 Å². The van der Waals surface area contributed by atoms with Gasteiger partial charge in [0.05, 0.1) is 6.61 Å². The Hall–Kier alpha value is -1.15. The van der Waals surface area contributed by atoms with E-state index in [1.807, 2.05) is 0 Å². The molecule has 0 unspecified atom stereocenters. The molecule has 1 atom stereocenters. The normalized spacial score (nSPS) is 14.3. The minimum absolute atomic E-state index is 0.136. The molecule has 0 aromatic carbocycles. The van der Waals surface area contributed by atoms with E-state index in [1.54, 1.807) is 6.92 Å². The van der Waals surface area contributed by atoms with Crippen LogP contribution in [-0.4, -0.2) is 37.6 Å². The number of alkyl halides is 6. The molecule has 0 heterocycles. The average Bonchev–Trinajstić information content (AvgIpc) is 2.21. The summed E-state index contributed by atoms with van der Waals surface area (Å²) in [6.45, 7) is -0.567. The first-order valence-corrected chi connectivity index (χ1v) is 4.49. The Morgan fingerprint density at radius 2 is 1.71 bits per heavy atom. The molecular weight excluding hydrogens is 258 g/mol. The zero-order valence-electron chi connectivity index (χ0n) is 8.69. The van der Waals surface area contributed by atoms with Gasteiger partial charge >= 0.3 is 18.3 Å². The number of carbonyl (C=O) groups is 1. The van der Waals surface area contributed by atoms with E-state index in [2.05, 4.69) is 9.47 Å². The third kappa shape index (κ3) is 5.64. The summed E-state index contributed by atoms with van der Waals surface area (Å²) in [4.78, 5) is 10.5. The van der Waals surface area contributed by atoms with Crippen molar-refractivity contribution in [3.8, 4) is 0 Å². The second kappa shape index (κ2) is 5.97. The molecule has 0 aromatic rings. The van der Waals surface area contributed by atoms with Crippen molar-refractivity contribution in [1.29, 1.82) is 0 Å². The smallest absolute Gasteiger partial charge is 0.434 e. The predicted molar refractivity (Wildman–Crippen MR) is 43.5 cm³/mol. The summed E-state index contributed by atoms with van der Waals surface area (Å²) in [5, 5.41) is 0. The van der Waals surface area contributed by atoms with Gasteiger partial charge in [0.25, 0.3) is 6.17 Å². The van der Waals surface area contributed by atoms with E-state index in [4.69, 9.17) is 0 Å². The summed E-state index contributed by atoms with van der Waals surface area (Å²) in [5.41, 5.74) is 0. The van der Waals surface area contributed by atoms with Crippen LogP contribution in [0.25, 0.3) is 0 Å². The van der Waals surface area contributed by atoms with Crippen LogP contribution in [0.15, 0.2) is 0 Å². The SMILES string of the molecule is CCCOC(=O)OCC(F)(F)[C@H](F)C(F)(F)F. The molecule has 0 saturated carbocycles. The third-order valence-corrected chi connectivity index (χ3v) is 1.46. The summed E-state index contributed by atoms with van der Waals surface area (Å²) >= 11 is 0. The van der Waals surface area contributed by atoms with Gasteiger partial charge in [-0.2, -0.15) is 22.0 Å². The first kappa shape index (κ1) is 15.9. The minimum atomic E-state index is -5.72. The number of hydrogen-bond donors (Lipinski definition) is 0. The average molecular weight is 268 g/mol. The highest BCUT2D eigenvalue weighted by molar-refractivity contribution is 5.59. The maximum Gasteiger partial charge on any atom is 0.508 e. The Labute approximate surface area is 92.7 Å². The number of halogens is 6. The molecule has 0 aliphatic rings. The first-order chi connectivity index (χ1) is 7.61. The highest BCUT2D eigenvalue weighted by Crippen LogP contribution is 2.35. The summed E-state index contributed by atoms with van der Waals surface area (Å²) < 4.78 is 80.2. The van der Waals surface area contributed by atoms with E-state index in [0.717, 1.165) is 0 Å². The Morgan fingerprint density at radius 3 is 2.12 bits per heavy atom. The lowest BCUT2D eigenvalue weighted by Gasteiger charge is -2.21. The van der Waals surface area contributed by atoms with Gasteiger partial charge in [0.2, 0.25) is 0 Å². The molecule has 0 aliphatic carbocycles. The van der Waals surface area contributed by atoms with Gasteiger partial charge in [-0.25, -0.2) is 9.18 Å². The Morgan fingerprint density at radius 1 is 1.18 bits per heavy atom. The second-order valence-corrected chi connectivity index (χ2v) is 3.05. The molecule has 0 N–H and O–H groups in total. The molecule has 0 fully saturated rings. The molecule has 0 aliphatic heterocycles. The quantitative estimate of drug-likeness (QED) is 0.567. The monoisotopic (exact) mass is 268 g/mol. The lowest BCUT2D eigenvalue weighted by Crippen LogP contribution is -2.45. The standard InChI is InChI=1S/C8H10F6O3/c1-2-3-16-6(15)17-4-7(10,11)5(9)8(12,13)14/h5H,2-4H2,1H3/t5-/m0/s1. The zero-order chi connectivity index (χ0) is 13.7. The highest BCUT2D eigenvalue weighted by atomic mass is 19.4. The fourth-order valence-electron chi connectivity index (χ4n) is 0.695. The summed E-state index contributed by atoms with van der Waals surface area (Å²) in [5.74, 6) is -4.84. The number of hydrogen-bond acceptors (Lipinski definition) is 3. The molecule has 0 amide bonds. The summed E-state index contributed by atoms with van der Waals surface area (Å²) in [6.07, 6.45) is -11.3. The lowest BCUT2D eigenvalue weighted by atomic mass is 10.2. The first-order valence-electron chi connectivity index (χ1n) is 4.49. The second-order valence-electron chi connectivity index (χ2n) is 3.05. The van der Waals surface area contributed by atoms with E-state index in [0.29, 0.717) is 6.42 Å². The van der Waals surface area contributed by atoms with Crippen LogP contribution in [0.5, 0.6) is 0 Å². The van der Waals surface area contributed by atoms with Crippen LogP contribution in [0.1, 0.15) is 13.3 Å². The maximum absolute atomic E-state index is 12.6. The van der Waals surface area contributed by atoms with E-state index in [1.165, 1.54) is 0 Å². The van der Waals surface area contributed by atoms with Crippen molar-refractivity contribution in [3.05, 3.63) is 0 Å². The van der Waals surface area contributed by atoms with Crippen LogP contribution in [0.2, 0.25) is 0 Å². The van der Waals surface area contributed by atoms with Gasteiger partial charge in [0.1, 0.15) is 0 Å². The molecule has 0 aromatic heterocycles. The molecule has 0 saturated heterocycles. The maximum atomic E-state index is 12.6. The Bertz CT molecular complexity index is 252. The summed E-state index contributed by atoms with van der Waals surface area (Å²) in [7, 11) is 0. The molecule has 17 heavy (non-hydrogen) atoms. The van der Waals surface area contributed by atoms with Crippen molar-refractivity contribution in [2.24, 2.45) is 0 Å². The molecule has 9 heteroatoms. The largest absolute Gasteiger partial charge is 0.508 e. The van der Waals surface area contributed by atoms with Gasteiger partial charge in [-0.1, -0.05) is 6.92 Å². The summed E-state index contributed by atoms with van der Waals surface area (Å²) in [6, 6.07) is 0. The van der Waals surface area contributed by atoms with Crippen molar-refractivity contribution in [3.63, 3.8) is 0 Å². The van der Waals surface area contributed by atoms with Crippen LogP contribution >= 0.6 is 0 Å². The predicted octanol–water partition coefficient (Wildman–Crippen LogP) is 3.09. The molecular formula is C8H10F6O3. The van der Waals surface area contributed by atoms with Gasteiger partial charge in [0, 0.05) is 0 Å². The van der Waals surface area contributed by atoms with E-state index < -0.39 is 31.0 Å². The Balaban J connectivity index is 4.22. The fourth-order valence-corrected chi connectivity index (χ4v) is 0.695. The number of rotatable bonds is 5. The van der Waals surface area contributed by atoms with Crippen molar-refractivity contribution in [1.82, 2.24) is 0 Å². The molecule has 102 valence electrons. The molecule has 0 radical (unpaired) electrons. The van der Waals surface area contributed by atoms with E-state index in [-0.39, 0.29) is 6.61 Å². The van der Waals surface area contributed by atoms with Crippen LogP contribution < -0.4 is 0 Å². The number of ether oxygens (including phenoxy) is 2. The van der Waals surface area contributed by atoms with Gasteiger partial charge in [-0.05, 0) is 6.42 Å². The number of carbonyl (C=O) groups excluding carboxylic acids is 1. The minimum Gasteiger partial charge on any atom is -0.434 e. The van der Waals surface area contributed by atoms with Crippen molar-refractivity contribution in [2.75, 3.05) is 13.2 Å². The van der Waals surface area contributed by atoms with Gasteiger partial charge in [-0.15, -0.1) is 0 Å².